The summed E-state index contributed by atoms with van der Waals surface area (Å²) in [5.74, 6) is 1.79. The van der Waals surface area contributed by atoms with Crippen LogP contribution in [0, 0.1) is 0 Å². The Morgan fingerprint density at radius 3 is 2.62 bits per heavy atom. The van der Waals surface area contributed by atoms with E-state index in [2.05, 4.69) is 26.6 Å². The first-order valence-electron chi connectivity index (χ1n) is 8.82. The molecule has 2 aromatic carbocycles. The van der Waals surface area contributed by atoms with E-state index in [1.807, 2.05) is 31.2 Å². The number of hydrogen-bond acceptors (Lipinski definition) is 4. The zero-order valence-corrected chi connectivity index (χ0v) is 18.7. The molecule has 0 fully saturated rings. The van der Waals surface area contributed by atoms with Crippen LogP contribution in [0.25, 0.3) is 11.3 Å². The minimum atomic E-state index is -0.312. The molecular weight excluding hydrogens is 476 g/mol. The molecule has 8 heteroatoms. The molecule has 3 rings (SSSR count). The third kappa shape index (κ3) is 5.82. The molecule has 0 radical (unpaired) electrons. The largest absolute Gasteiger partial charge is 0.493 e. The number of rotatable bonds is 6. The maximum Gasteiger partial charge on any atom is 0.257 e. The van der Waals surface area contributed by atoms with E-state index in [-0.39, 0.29) is 11.0 Å². The Bertz CT molecular complexity index is 1020. The summed E-state index contributed by atoms with van der Waals surface area (Å²) in [5, 5.41) is 6.50. The van der Waals surface area contributed by atoms with E-state index < -0.39 is 0 Å². The van der Waals surface area contributed by atoms with Gasteiger partial charge in [0.2, 0.25) is 0 Å². The van der Waals surface area contributed by atoms with Crippen LogP contribution in [-0.4, -0.2) is 17.6 Å². The Kier molecular flexibility index (Phi) is 7.30. The Labute approximate surface area is 187 Å². The van der Waals surface area contributed by atoms with Gasteiger partial charge in [0, 0.05) is 16.1 Å². The number of ether oxygens (including phenoxy) is 1. The molecule has 3 aromatic rings. The van der Waals surface area contributed by atoms with Crippen LogP contribution < -0.4 is 15.4 Å². The van der Waals surface area contributed by atoms with Crippen molar-refractivity contribution in [2.24, 2.45) is 0 Å². The molecule has 0 aliphatic heterocycles. The van der Waals surface area contributed by atoms with E-state index in [0.29, 0.717) is 39.7 Å². The van der Waals surface area contributed by atoms with Gasteiger partial charge < -0.3 is 14.5 Å². The predicted molar refractivity (Wildman–Crippen MR) is 121 cm³/mol. The maximum atomic E-state index is 12.4. The zero-order chi connectivity index (χ0) is 20.8. The highest BCUT2D eigenvalue weighted by atomic mass is 79.9. The Morgan fingerprint density at radius 2 is 1.93 bits per heavy atom. The molecule has 0 spiro atoms. The third-order valence-electron chi connectivity index (χ3n) is 3.93. The van der Waals surface area contributed by atoms with Crippen molar-refractivity contribution in [3.05, 3.63) is 75.4 Å². The highest BCUT2D eigenvalue weighted by Crippen LogP contribution is 2.26. The van der Waals surface area contributed by atoms with E-state index in [1.54, 1.807) is 30.3 Å². The maximum absolute atomic E-state index is 12.4. The summed E-state index contributed by atoms with van der Waals surface area (Å²) < 4.78 is 12.0. The molecule has 0 atom stereocenters. The number of amides is 1. The summed E-state index contributed by atoms with van der Waals surface area (Å²) in [7, 11) is 0. The molecule has 0 saturated carbocycles. The summed E-state index contributed by atoms with van der Waals surface area (Å²) >= 11 is 14.5. The van der Waals surface area contributed by atoms with Gasteiger partial charge in [-0.15, -0.1) is 0 Å². The predicted octanol–water partition coefficient (Wildman–Crippen LogP) is 5.57. The number of benzene rings is 2. The fraction of sp³-hybridized carbons (Fsp3) is 0.143. The minimum absolute atomic E-state index is 0.212. The quantitative estimate of drug-likeness (QED) is 0.440. The van der Waals surface area contributed by atoms with Crippen LogP contribution in [-0.2, 0) is 6.54 Å². The van der Waals surface area contributed by atoms with Crippen LogP contribution in [0.2, 0.25) is 5.02 Å². The number of furan rings is 1. The van der Waals surface area contributed by atoms with Gasteiger partial charge in [0.05, 0.1) is 17.6 Å². The van der Waals surface area contributed by atoms with Gasteiger partial charge in [0.25, 0.3) is 5.91 Å². The zero-order valence-electron chi connectivity index (χ0n) is 15.5. The van der Waals surface area contributed by atoms with Gasteiger partial charge in [-0.25, -0.2) is 0 Å². The molecule has 1 amide bonds. The van der Waals surface area contributed by atoms with Crippen LogP contribution in [0.3, 0.4) is 0 Å². The fourth-order valence-corrected chi connectivity index (χ4v) is 3.33. The van der Waals surface area contributed by atoms with E-state index in [4.69, 9.17) is 33.0 Å². The lowest BCUT2D eigenvalue weighted by Crippen LogP contribution is -2.38. The van der Waals surface area contributed by atoms with Gasteiger partial charge in [-0.05, 0) is 89.7 Å². The molecule has 0 bridgehead atoms. The molecule has 150 valence electrons. The molecule has 5 nitrogen and oxygen atoms in total. The lowest BCUT2D eigenvalue weighted by molar-refractivity contribution is 0.0976. The number of thiocarbonyl (C=S) groups is 1. The number of halogens is 2. The first-order chi connectivity index (χ1) is 14.0. The average molecular weight is 494 g/mol. The van der Waals surface area contributed by atoms with E-state index in [1.165, 1.54) is 0 Å². The summed E-state index contributed by atoms with van der Waals surface area (Å²) in [6, 6.07) is 16.2. The van der Waals surface area contributed by atoms with Crippen molar-refractivity contribution in [3.8, 4) is 17.1 Å². The highest BCUT2D eigenvalue weighted by Gasteiger charge is 2.11. The molecule has 2 N–H and O–H groups in total. The van der Waals surface area contributed by atoms with E-state index >= 15 is 0 Å². The number of nitrogens with one attached hydrogen (secondary N) is 2. The van der Waals surface area contributed by atoms with Crippen molar-refractivity contribution in [2.45, 2.75) is 13.5 Å². The normalized spacial score (nSPS) is 10.4. The summed E-state index contributed by atoms with van der Waals surface area (Å²) in [6.45, 7) is 2.79. The molecule has 0 unspecified atom stereocenters. The SMILES string of the molecule is CCOc1ccc(C(=O)NC(=S)NCc2ccc(-c3ccc(Cl)cc3)o2)cc1Br. The number of carbonyl (C=O) groups is 1. The van der Waals surface area contributed by atoms with Crippen molar-refractivity contribution in [1.82, 2.24) is 10.6 Å². The van der Waals surface area contributed by atoms with Crippen LogP contribution in [0.1, 0.15) is 23.0 Å². The lowest BCUT2D eigenvalue weighted by atomic mass is 10.2. The molecule has 1 aromatic heterocycles. The van der Waals surface area contributed by atoms with Crippen LogP contribution in [0.4, 0.5) is 0 Å². The second-order valence-electron chi connectivity index (χ2n) is 5.99. The summed E-state index contributed by atoms with van der Waals surface area (Å²) in [6.07, 6.45) is 0. The first kappa shape index (κ1) is 21.4. The van der Waals surface area contributed by atoms with Gasteiger partial charge in [-0.3, -0.25) is 10.1 Å². The van der Waals surface area contributed by atoms with Gasteiger partial charge in [0.15, 0.2) is 5.11 Å². The van der Waals surface area contributed by atoms with Crippen molar-refractivity contribution < 1.29 is 13.9 Å². The van der Waals surface area contributed by atoms with Gasteiger partial charge in [-0.1, -0.05) is 11.6 Å². The summed E-state index contributed by atoms with van der Waals surface area (Å²) in [4.78, 5) is 12.4. The minimum Gasteiger partial charge on any atom is -0.493 e. The van der Waals surface area contributed by atoms with Gasteiger partial charge in [-0.2, -0.15) is 0 Å². The topological polar surface area (TPSA) is 63.5 Å². The number of hydrogen-bond donors (Lipinski definition) is 2. The fourth-order valence-electron chi connectivity index (χ4n) is 2.54. The van der Waals surface area contributed by atoms with Crippen molar-refractivity contribution in [1.29, 1.82) is 0 Å². The lowest BCUT2D eigenvalue weighted by Gasteiger charge is -2.10. The van der Waals surface area contributed by atoms with Crippen LogP contribution >= 0.6 is 39.7 Å². The Morgan fingerprint density at radius 1 is 1.17 bits per heavy atom. The molecule has 0 aliphatic rings. The smallest absolute Gasteiger partial charge is 0.257 e. The number of carbonyl (C=O) groups excluding carboxylic acids is 1. The average Bonchev–Trinajstić information content (AvgIpc) is 3.17. The molecule has 0 saturated heterocycles. The standard InChI is InChI=1S/C21H18BrClN2O3S/c1-2-27-19-9-5-14(11-17(19)22)20(26)25-21(29)24-12-16-8-10-18(28-16)13-3-6-15(23)7-4-13/h3-11H,2,12H2,1H3,(H2,24,25,26,29). The molecule has 0 aliphatic carbocycles. The monoisotopic (exact) mass is 492 g/mol. The Hall–Kier alpha value is -2.35. The van der Waals surface area contributed by atoms with Crippen LogP contribution in [0.15, 0.2) is 63.5 Å². The van der Waals surface area contributed by atoms with Gasteiger partial charge >= 0.3 is 0 Å². The summed E-state index contributed by atoms with van der Waals surface area (Å²) in [5.41, 5.74) is 1.39. The van der Waals surface area contributed by atoms with E-state index in [9.17, 15) is 4.79 Å². The van der Waals surface area contributed by atoms with Crippen molar-refractivity contribution in [3.63, 3.8) is 0 Å². The second kappa shape index (κ2) is 9.91. The molecule has 29 heavy (non-hydrogen) atoms. The van der Waals surface area contributed by atoms with Crippen LogP contribution in [0.5, 0.6) is 5.75 Å². The molecule has 1 heterocycles. The third-order valence-corrected chi connectivity index (χ3v) is 5.05. The molecular formula is C21H18BrClN2O3S. The van der Waals surface area contributed by atoms with E-state index in [0.717, 1.165) is 11.3 Å². The highest BCUT2D eigenvalue weighted by molar-refractivity contribution is 9.10. The first-order valence-corrected chi connectivity index (χ1v) is 10.4. The van der Waals surface area contributed by atoms with Crippen molar-refractivity contribution >= 4 is 50.8 Å². The van der Waals surface area contributed by atoms with Gasteiger partial charge in [0.1, 0.15) is 17.3 Å². The van der Waals surface area contributed by atoms with Crippen molar-refractivity contribution in [2.75, 3.05) is 6.61 Å². The Balaban J connectivity index is 1.54. The second-order valence-corrected chi connectivity index (χ2v) is 7.69.